The van der Waals surface area contributed by atoms with Crippen molar-refractivity contribution in [2.45, 2.75) is 38.5 Å². The smallest absolute Gasteiger partial charge is 0.0715 e. The van der Waals surface area contributed by atoms with Gasteiger partial charge in [-0.25, -0.2) is 4.98 Å². The summed E-state index contributed by atoms with van der Waals surface area (Å²) in [5.41, 5.74) is 16.7. The van der Waals surface area contributed by atoms with Crippen LogP contribution in [0.4, 0.5) is 0 Å². The Kier molecular flexibility index (Phi) is 8.80. The zero-order valence-electron chi connectivity index (χ0n) is 29.5. The fourth-order valence-corrected chi connectivity index (χ4v) is 8.18. The molecule has 6 aromatic rings. The molecular formula is C50H43N. The van der Waals surface area contributed by atoms with E-state index in [4.69, 9.17) is 4.98 Å². The van der Waals surface area contributed by atoms with Gasteiger partial charge in [-0.15, -0.1) is 0 Å². The van der Waals surface area contributed by atoms with Crippen molar-refractivity contribution in [2.75, 3.05) is 0 Å². The number of rotatable bonds is 9. The Morgan fingerprint density at radius 3 is 2.04 bits per heavy atom. The molecule has 1 nitrogen and oxygen atoms in total. The Bertz CT molecular complexity index is 2300. The molecule has 0 aliphatic heterocycles. The van der Waals surface area contributed by atoms with Crippen LogP contribution in [-0.4, -0.2) is 4.98 Å². The van der Waals surface area contributed by atoms with Crippen molar-refractivity contribution in [1.29, 1.82) is 0 Å². The first-order valence-electron chi connectivity index (χ1n) is 18.3. The predicted octanol–water partition coefficient (Wildman–Crippen LogP) is 13.3. The summed E-state index contributed by atoms with van der Waals surface area (Å²) in [7, 11) is 0. The van der Waals surface area contributed by atoms with Crippen LogP contribution < -0.4 is 0 Å². The minimum atomic E-state index is -0.365. The summed E-state index contributed by atoms with van der Waals surface area (Å²) in [4.78, 5) is 5.13. The molecule has 0 radical (unpaired) electrons. The van der Waals surface area contributed by atoms with E-state index in [-0.39, 0.29) is 5.41 Å². The van der Waals surface area contributed by atoms with E-state index >= 15 is 0 Å². The Morgan fingerprint density at radius 1 is 0.686 bits per heavy atom. The van der Waals surface area contributed by atoms with Gasteiger partial charge in [0.15, 0.2) is 0 Å². The molecule has 248 valence electrons. The summed E-state index contributed by atoms with van der Waals surface area (Å²) in [6.45, 7) is 8.66. The highest BCUT2D eigenvalue weighted by molar-refractivity contribution is 5.89. The number of benzene rings is 5. The lowest BCUT2D eigenvalue weighted by atomic mass is 9.66. The average molecular weight is 658 g/mol. The minimum Gasteiger partial charge on any atom is -0.248 e. The number of nitrogens with zero attached hydrogens (tertiary/aromatic N) is 1. The first-order chi connectivity index (χ1) is 25.1. The van der Waals surface area contributed by atoms with Gasteiger partial charge in [0, 0.05) is 5.56 Å². The van der Waals surface area contributed by atoms with Crippen LogP contribution in [-0.2, 0) is 5.41 Å². The van der Waals surface area contributed by atoms with E-state index in [2.05, 4.69) is 184 Å². The van der Waals surface area contributed by atoms with E-state index in [9.17, 15) is 0 Å². The van der Waals surface area contributed by atoms with Crippen LogP contribution in [0, 0.1) is 5.92 Å². The Morgan fingerprint density at radius 2 is 1.33 bits per heavy atom. The predicted molar refractivity (Wildman–Crippen MR) is 216 cm³/mol. The molecule has 1 aromatic heterocycles. The van der Waals surface area contributed by atoms with Crippen molar-refractivity contribution in [3.8, 4) is 44.6 Å². The second-order valence-corrected chi connectivity index (χ2v) is 13.9. The molecule has 0 saturated carbocycles. The normalized spacial score (nSPS) is 17.8. The van der Waals surface area contributed by atoms with E-state index in [0.717, 1.165) is 36.2 Å². The molecule has 2 atom stereocenters. The van der Waals surface area contributed by atoms with E-state index < -0.39 is 0 Å². The number of hydrogen-bond donors (Lipinski definition) is 0. The van der Waals surface area contributed by atoms with Crippen LogP contribution in [0.25, 0.3) is 50.2 Å². The van der Waals surface area contributed by atoms with Gasteiger partial charge in [-0.1, -0.05) is 184 Å². The average Bonchev–Trinajstić information content (AvgIpc) is 3.49. The molecule has 0 saturated heterocycles. The van der Waals surface area contributed by atoms with Crippen molar-refractivity contribution < 1.29 is 0 Å². The quantitative estimate of drug-likeness (QED) is 0.141. The van der Waals surface area contributed by atoms with Crippen molar-refractivity contribution in [3.63, 3.8) is 0 Å². The molecule has 2 unspecified atom stereocenters. The Labute approximate surface area is 303 Å². The molecule has 0 spiro atoms. The summed E-state index contributed by atoms with van der Waals surface area (Å²) >= 11 is 0. The molecule has 51 heavy (non-hydrogen) atoms. The minimum absolute atomic E-state index is 0.365. The number of hydrogen-bond acceptors (Lipinski definition) is 1. The van der Waals surface area contributed by atoms with Crippen LogP contribution in [0.1, 0.15) is 55.5 Å². The fourth-order valence-electron chi connectivity index (χ4n) is 8.18. The fraction of sp³-hybridized carbons (Fsp3) is 0.140. The lowest BCUT2D eigenvalue weighted by molar-refractivity contribution is 0.686. The molecule has 0 bridgehead atoms. The largest absolute Gasteiger partial charge is 0.248 e. The van der Waals surface area contributed by atoms with Crippen LogP contribution >= 0.6 is 0 Å². The van der Waals surface area contributed by atoms with Crippen LogP contribution in [0.3, 0.4) is 0 Å². The van der Waals surface area contributed by atoms with Crippen molar-refractivity contribution in [1.82, 2.24) is 4.98 Å². The maximum Gasteiger partial charge on any atom is 0.0715 e. The molecule has 1 heteroatoms. The summed E-state index contributed by atoms with van der Waals surface area (Å²) < 4.78 is 0. The third-order valence-corrected chi connectivity index (χ3v) is 10.6. The van der Waals surface area contributed by atoms with Crippen LogP contribution in [0.5, 0.6) is 0 Å². The third kappa shape index (κ3) is 5.83. The maximum atomic E-state index is 5.13. The van der Waals surface area contributed by atoms with Gasteiger partial charge in [-0.3, -0.25) is 0 Å². The molecule has 8 rings (SSSR count). The second-order valence-electron chi connectivity index (χ2n) is 13.9. The Balaban J connectivity index is 1.22. The number of fused-ring (bicyclic) bond motifs is 3. The lowest BCUT2D eigenvalue weighted by Crippen LogP contribution is -2.29. The van der Waals surface area contributed by atoms with Gasteiger partial charge < -0.3 is 0 Å². The van der Waals surface area contributed by atoms with E-state index in [0.29, 0.717) is 5.92 Å². The van der Waals surface area contributed by atoms with E-state index in [1.165, 1.54) is 61.2 Å². The summed E-state index contributed by atoms with van der Waals surface area (Å²) in [6, 6.07) is 51.2. The van der Waals surface area contributed by atoms with Gasteiger partial charge in [0.25, 0.3) is 0 Å². The lowest BCUT2D eigenvalue weighted by Gasteiger charge is -2.36. The molecule has 0 N–H and O–H groups in total. The number of aromatic nitrogens is 1. The van der Waals surface area contributed by atoms with Gasteiger partial charge in [-0.05, 0) is 92.6 Å². The third-order valence-electron chi connectivity index (χ3n) is 10.6. The number of pyridine rings is 1. The molecule has 0 fully saturated rings. The van der Waals surface area contributed by atoms with Gasteiger partial charge in [0.1, 0.15) is 0 Å². The monoisotopic (exact) mass is 657 g/mol. The first-order valence-corrected chi connectivity index (χ1v) is 18.3. The highest BCUT2D eigenvalue weighted by Gasteiger charge is 2.46. The first kappa shape index (κ1) is 32.4. The summed E-state index contributed by atoms with van der Waals surface area (Å²) in [5, 5.41) is 0. The Hall–Kier alpha value is -5.79. The van der Waals surface area contributed by atoms with Crippen LogP contribution in [0.15, 0.2) is 182 Å². The van der Waals surface area contributed by atoms with Crippen molar-refractivity contribution in [3.05, 3.63) is 204 Å². The molecule has 0 amide bonds. The van der Waals surface area contributed by atoms with E-state index in [1.54, 1.807) is 0 Å². The standard InChI is InChI=1S/C50H43N/c1-4-14-42(15-5-2)50(43-18-10-7-11-19-43)46-21-13-12-20-44(46)45-32-40(30-31-47(45)50)36-26-28-37(29-27-36)41-33-48(38-16-8-6-9-17-38)51-49(34-41)39-24-22-35(3)23-25-39/h4,6-14,16-22,24-35H,1,5,15,23H2,2-3H3/b42-14+. The zero-order valence-corrected chi connectivity index (χ0v) is 29.5. The summed E-state index contributed by atoms with van der Waals surface area (Å²) in [5.74, 6) is 0.558. The van der Waals surface area contributed by atoms with Gasteiger partial charge in [0.2, 0.25) is 0 Å². The topological polar surface area (TPSA) is 12.9 Å². The molecule has 1 heterocycles. The van der Waals surface area contributed by atoms with Gasteiger partial charge in [0.05, 0.1) is 16.8 Å². The SMILES string of the molecule is C=C/C=C(\CCC)C1(c2ccccc2)c2ccccc2-c2cc(-c3ccc(-c4cc(C5=CCC(C)C=C5)nc(-c5ccccc5)c4)cc3)ccc21. The van der Waals surface area contributed by atoms with Crippen molar-refractivity contribution in [2.24, 2.45) is 5.92 Å². The molecule has 5 aromatic carbocycles. The zero-order chi connectivity index (χ0) is 34.8. The highest BCUT2D eigenvalue weighted by Crippen LogP contribution is 2.57. The molecule has 2 aliphatic carbocycles. The highest BCUT2D eigenvalue weighted by atomic mass is 14.7. The van der Waals surface area contributed by atoms with Gasteiger partial charge in [-0.2, -0.15) is 0 Å². The van der Waals surface area contributed by atoms with E-state index in [1.807, 2.05) is 6.08 Å². The summed E-state index contributed by atoms with van der Waals surface area (Å²) in [6.07, 6.45) is 14.2. The number of allylic oxidation sites excluding steroid dienone is 7. The molecular weight excluding hydrogens is 615 g/mol. The second kappa shape index (κ2) is 13.8. The van der Waals surface area contributed by atoms with Crippen LogP contribution in [0.2, 0.25) is 0 Å². The van der Waals surface area contributed by atoms with Gasteiger partial charge >= 0.3 is 0 Å². The molecule has 2 aliphatic rings. The van der Waals surface area contributed by atoms with Crippen molar-refractivity contribution >= 4 is 5.57 Å². The maximum absolute atomic E-state index is 5.13.